The molecule has 20 heavy (non-hydrogen) atoms. The Labute approximate surface area is 119 Å². The molecule has 0 saturated carbocycles. The van der Waals surface area contributed by atoms with E-state index >= 15 is 0 Å². The van der Waals surface area contributed by atoms with Gasteiger partial charge in [-0.1, -0.05) is 36.4 Å². The molecule has 0 aliphatic carbocycles. The largest absolute Gasteiger partial charge is 0.457 e. The maximum atomic E-state index is 5.99. The van der Waals surface area contributed by atoms with Crippen molar-refractivity contribution in [2.75, 3.05) is 7.05 Å². The van der Waals surface area contributed by atoms with Crippen LogP contribution in [0, 0.1) is 6.92 Å². The Bertz CT molecular complexity index is 608. The van der Waals surface area contributed by atoms with Crippen LogP contribution < -0.4 is 15.8 Å². The van der Waals surface area contributed by atoms with Crippen LogP contribution in [0.4, 0.5) is 0 Å². The predicted octanol–water partition coefficient (Wildman–Crippen LogP) is 2.82. The first kappa shape index (κ1) is 13.9. The first-order valence-electron chi connectivity index (χ1n) is 6.48. The van der Waals surface area contributed by atoms with Gasteiger partial charge in [0.25, 0.3) is 0 Å². The highest BCUT2D eigenvalue weighted by Crippen LogP contribution is 2.27. The first-order valence-corrected chi connectivity index (χ1v) is 6.48. The summed E-state index contributed by atoms with van der Waals surface area (Å²) in [6, 6.07) is 15.8. The molecule has 0 bridgehead atoms. The van der Waals surface area contributed by atoms with Crippen LogP contribution in [0.5, 0.6) is 11.5 Å². The van der Waals surface area contributed by atoms with Crippen LogP contribution in [0.1, 0.15) is 11.1 Å². The van der Waals surface area contributed by atoms with Crippen molar-refractivity contribution in [3.8, 4) is 11.5 Å². The van der Waals surface area contributed by atoms with Crippen LogP contribution in [0.2, 0.25) is 0 Å². The molecule has 0 heterocycles. The molecule has 4 nitrogen and oxygen atoms in total. The standard InChI is InChI=1S/C16H19N3O/c1-12-7-3-5-9-14(12)20-15-10-6-4-8-13(15)11-19-16(17)18-2/h3-10H,11H2,1-2H3,(H3,17,18,19). The number of aliphatic imine (C=N–C) groups is 1. The van der Waals surface area contributed by atoms with Gasteiger partial charge in [-0.15, -0.1) is 0 Å². The van der Waals surface area contributed by atoms with Crippen LogP contribution in [0.15, 0.2) is 53.5 Å². The van der Waals surface area contributed by atoms with Gasteiger partial charge in [0.2, 0.25) is 0 Å². The fourth-order valence-electron chi connectivity index (χ4n) is 1.80. The lowest BCUT2D eigenvalue weighted by molar-refractivity contribution is 0.471. The van der Waals surface area contributed by atoms with E-state index in [1.807, 2.05) is 55.5 Å². The van der Waals surface area contributed by atoms with Gasteiger partial charge in [-0.2, -0.15) is 0 Å². The topological polar surface area (TPSA) is 59.6 Å². The van der Waals surface area contributed by atoms with Crippen molar-refractivity contribution in [3.63, 3.8) is 0 Å². The van der Waals surface area contributed by atoms with Crippen LogP contribution in [0.3, 0.4) is 0 Å². The number of nitrogens with two attached hydrogens (primary N) is 1. The molecule has 2 aromatic rings. The Morgan fingerprint density at radius 3 is 2.45 bits per heavy atom. The Kier molecular flexibility index (Phi) is 4.60. The molecule has 0 aromatic heterocycles. The molecule has 2 aromatic carbocycles. The smallest absolute Gasteiger partial charge is 0.188 e. The minimum Gasteiger partial charge on any atom is -0.457 e. The summed E-state index contributed by atoms with van der Waals surface area (Å²) < 4.78 is 5.99. The SMILES string of the molecule is CN=C(N)NCc1ccccc1Oc1ccccc1C. The summed E-state index contributed by atoms with van der Waals surface area (Å²) in [4.78, 5) is 3.87. The molecule has 0 spiro atoms. The van der Waals surface area contributed by atoms with E-state index in [0.717, 1.165) is 22.6 Å². The molecule has 0 unspecified atom stereocenters. The average Bonchev–Trinajstić information content (AvgIpc) is 2.48. The van der Waals surface area contributed by atoms with Crippen molar-refractivity contribution in [2.45, 2.75) is 13.5 Å². The highest BCUT2D eigenvalue weighted by Gasteiger charge is 2.06. The van der Waals surface area contributed by atoms with Crippen LogP contribution in [-0.2, 0) is 6.54 Å². The number of nitrogens with zero attached hydrogens (tertiary/aromatic N) is 1. The van der Waals surface area contributed by atoms with Gasteiger partial charge in [0.1, 0.15) is 11.5 Å². The Balaban J connectivity index is 2.18. The van der Waals surface area contributed by atoms with Gasteiger partial charge >= 0.3 is 0 Å². The molecular formula is C16H19N3O. The molecule has 0 amide bonds. The van der Waals surface area contributed by atoms with E-state index in [1.165, 1.54) is 0 Å². The van der Waals surface area contributed by atoms with Crippen molar-refractivity contribution >= 4 is 5.96 Å². The summed E-state index contributed by atoms with van der Waals surface area (Å²) in [6.45, 7) is 2.60. The monoisotopic (exact) mass is 269 g/mol. The van der Waals surface area contributed by atoms with E-state index in [2.05, 4.69) is 10.3 Å². The third-order valence-corrected chi connectivity index (χ3v) is 2.99. The average molecular weight is 269 g/mol. The van der Waals surface area contributed by atoms with Crippen LogP contribution in [-0.4, -0.2) is 13.0 Å². The van der Waals surface area contributed by atoms with E-state index in [4.69, 9.17) is 10.5 Å². The third kappa shape index (κ3) is 3.51. The lowest BCUT2D eigenvalue weighted by atomic mass is 10.2. The van der Waals surface area contributed by atoms with Gasteiger partial charge < -0.3 is 15.8 Å². The van der Waals surface area contributed by atoms with Gasteiger partial charge in [-0.05, 0) is 24.6 Å². The normalized spacial score (nSPS) is 11.2. The van der Waals surface area contributed by atoms with E-state index in [9.17, 15) is 0 Å². The molecule has 104 valence electrons. The Morgan fingerprint density at radius 2 is 1.75 bits per heavy atom. The third-order valence-electron chi connectivity index (χ3n) is 2.99. The molecule has 2 rings (SSSR count). The summed E-state index contributed by atoms with van der Waals surface area (Å²) in [7, 11) is 1.65. The molecule has 0 aliphatic rings. The Morgan fingerprint density at radius 1 is 1.10 bits per heavy atom. The highest BCUT2D eigenvalue weighted by atomic mass is 16.5. The van der Waals surface area contributed by atoms with E-state index in [0.29, 0.717) is 12.5 Å². The lowest BCUT2D eigenvalue weighted by Gasteiger charge is -2.13. The minimum atomic E-state index is 0.413. The maximum Gasteiger partial charge on any atom is 0.188 e. The second-order valence-corrected chi connectivity index (χ2v) is 4.44. The molecule has 0 radical (unpaired) electrons. The van der Waals surface area contributed by atoms with E-state index in [1.54, 1.807) is 7.05 Å². The second kappa shape index (κ2) is 6.61. The number of guanidine groups is 1. The van der Waals surface area contributed by atoms with Crippen molar-refractivity contribution in [2.24, 2.45) is 10.7 Å². The fraction of sp³-hybridized carbons (Fsp3) is 0.188. The summed E-state index contributed by atoms with van der Waals surface area (Å²) in [6.07, 6.45) is 0. The van der Waals surface area contributed by atoms with E-state index in [-0.39, 0.29) is 0 Å². The predicted molar refractivity (Wildman–Crippen MR) is 82.1 cm³/mol. The number of hydrogen-bond donors (Lipinski definition) is 2. The molecule has 0 fully saturated rings. The number of rotatable bonds is 4. The number of ether oxygens (including phenoxy) is 1. The van der Waals surface area contributed by atoms with Crippen LogP contribution in [0.25, 0.3) is 0 Å². The number of benzene rings is 2. The Hall–Kier alpha value is -2.49. The molecule has 4 heteroatoms. The molecule has 0 aliphatic heterocycles. The maximum absolute atomic E-state index is 5.99. The number of hydrogen-bond acceptors (Lipinski definition) is 2. The summed E-state index contributed by atoms with van der Waals surface area (Å²) in [5.74, 6) is 2.09. The highest BCUT2D eigenvalue weighted by molar-refractivity contribution is 5.77. The zero-order valence-electron chi connectivity index (χ0n) is 11.8. The number of nitrogens with one attached hydrogen (secondary N) is 1. The van der Waals surface area contributed by atoms with Crippen molar-refractivity contribution < 1.29 is 4.74 Å². The lowest BCUT2D eigenvalue weighted by Crippen LogP contribution is -2.30. The fourth-order valence-corrected chi connectivity index (χ4v) is 1.80. The zero-order chi connectivity index (χ0) is 14.4. The van der Waals surface area contributed by atoms with Gasteiger partial charge in [0.15, 0.2) is 5.96 Å². The molecular weight excluding hydrogens is 250 g/mol. The minimum absolute atomic E-state index is 0.413. The quantitative estimate of drug-likeness (QED) is 0.663. The van der Waals surface area contributed by atoms with Crippen LogP contribution >= 0.6 is 0 Å². The number of aryl methyl sites for hydroxylation is 1. The zero-order valence-corrected chi connectivity index (χ0v) is 11.8. The van der Waals surface area contributed by atoms with Gasteiger partial charge in [0.05, 0.1) is 0 Å². The second-order valence-electron chi connectivity index (χ2n) is 4.44. The molecule has 0 atom stereocenters. The molecule has 0 saturated heterocycles. The van der Waals surface area contributed by atoms with Crippen molar-refractivity contribution in [1.82, 2.24) is 5.32 Å². The van der Waals surface area contributed by atoms with Gasteiger partial charge in [-0.25, -0.2) is 0 Å². The summed E-state index contributed by atoms with van der Waals surface area (Å²) >= 11 is 0. The van der Waals surface area contributed by atoms with E-state index < -0.39 is 0 Å². The van der Waals surface area contributed by atoms with Gasteiger partial charge in [-0.3, -0.25) is 4.99 Å². The first-order chi connectivity index (χ1) is 9.70. The summed E-state index contributed by atoms with van der Waals surface area (Å²) in [5.41, 5.74) is 7.78. The van der Waals surface area contributed by atoms with Gasteiger partial charge in [0, 0.05) is 19.2 Å². The number of para-hydroxylation sites is 2. The molecule has 3 N–H and O–H groups in total. The van der Waals surface area contributed by atoms with Crippen molar-refractivity contribution in [3.05, 3.63) is 59.7 Å². The van der Waals surface area contributed by atoms with Crippen molar-refractivity contribution in [1.29, 1.82) is 0 Å². The summed E-state index contributed by atoms with van der Waals surface area (Å²) in [5, 5.41) is 3.04.